The van der Waals surface area contributed by atoms with E-state index in [0.717, 1.165) is 17.6 Å². The molecule has 0 saturated heterocycles. The van der Waals surface area contributed by atoms with Crippen LogP contribution in [0.3, 0.4) is 0 Å². The number of rotatable bonds is 5. The van der Waals surface area contributed by atoms with Gasteiger partial charge in [-0.3, -0.25) is 0 Å². The van der Waals surface area contributed by atoms with Gasteiger partial charge in [-0.2, -0.15) is 0 Å². The van der Waals surface area contributed by atoms with Gasteiger partial charge in [0.05, 0.1) is 5.97 Å². The van der Waals surface area contributed by atoms with Crippen LogP contribution >= 0.6 is 15.9 Å². The van der Waals surface area contributed by atoms with Crippen LogP contribution in [-0.2, 0) is 13.1 Å². The molecule has 3 nitrogen and oxygen atoms in total. The Morgan fingerprint density at radius 2 is 1.20 bits per heavy atom. The van der Waals surface area contributed by atoms with Crippen molar-refractivity contribution in [2.75, 3.05) is 0 Å². The Labute approximate surface area is 156 Å². The maximum absolute atomic E-state index is 10.2. The van der Waals surface area contributed by atoms with E-state index in [0.29, 0.717) is 0 Å². The highest BCUT2D eigenvalue weighted by Crippen LogP contribution is 2.09. The molecule has 0 aromatic heterocycles. The Kier molecular flexibility index (Phi) is 7.89. The van der Waals surface area contributed by atoms with Crippen LogP contribution in [0.4, 0.5) is 0 Å². The third-order valence-electron chi connectivity index (χ3n) is 3.53. The molecule has 3 aromatic rings. The maximum Gasteiger partial charge on any atom is 0.101 e. The summed E-state index contributed by atoms with van der Waals surface area (Å²) >= 11 is 3.18. The number of carboxylic acid groups (broad SMARTS) is 1. The van der Waals surface area contributed by atoms with Gasteiger partial charge >= 0.3 is 0 Å². The molecule has 3 rings (SSSR count). The van der Waals surface area contributed by atoms with Crippen molar-refractivity contribution in [3.8, 4) is 0 Å². The van der Waals surface area contributed by atoms with E-state index in [1.165, 1.54) is 23.3 Å². The minimum atomic E-state index is -1.15. The van der Waals surface area contributed by atoms with Crippen molar-refractivity contribution in [2.24, 2.45) is 0 Å². The fourth-order valence-electron chi connectivity index (χ4n) is 2.22. The zero-order valence-corrected chi connectivity index (χ0v) is 15.4. The minimum absolute atomic E-state index is 0.197. The molecule has 0 unspecified atom stereocenters. The first-order valence-corrected chi connectivity index (χ1v) is 8.81. The van der Waals surface area contributed by atoms with Crippen LogP contribution in [0.25, 0.3) is 0 Å². The lowest BCUT2D eigenvalue weighted by Crippen LogP contribution is -2.80. The normalized spacial score (nSPS) is 9.80. The largest absolute Gasteiger partial charge is 0.545 e. The molecular formula is C21H20BrNO2. The summed E-state index contributed by atoms with van der Waals surface area (Å²) in [5.74, 6) is -1.15. The van der Waals surface area contributed by atoms with E-state index in [2.05, 4.69) is 81.9 Å². The van der Waals surface area contributed by atoms with Crippen molar-refractivity contribution < 1.29 is 15.2 Å². The first-order chi connectivity index (χ1) is 12.1. The molecule has 0 saturated carbocycles. The number of hydrogen-bond acceptors (Lipinski definition) is 2. The number of quaternary nitrogens is 1. The molecule has 0 aliphatic rings. The van der Waals surface area contributed by atoms with Crippen LogP contribution in [0.5, 0.6) is 0 Å². The molecule has 128 valence electrons. The molecule has 3 aromatic carbocycles. The third kappa shape index (κ3) is 7.33. The van der Waals surface area contributed by atoms with E-state index >= 15 is 0 Å². The van der Waals surface area contributed by atoms with Crippen LogP contribution in [0.1, 0.15) is 21.5 Å². The van der Waals surface area contributed by atoms with Gasteiger partial charge in [0.2, 0.25) is 0 Å². The Morgan fingerprint density at radius 3 is 1.60 bits per heavy atom. The fourth-order valence-corrected chi connectivity index (χ4v) is 2.48. The first-order valence-electron chi connectivity index (χ1n) is 8.01. The molecule has 0 heterocycles. The van der Waals surface area contributed by atoms with Crippen molar-refractivity contribution in [2.45, 2.75) is 13.1 Å². The standard InChI is InChI=1S/C14H15N.C7H5BrO2/c1-3-7-13(8-4-1)11-15-12-14-9-5-2-6-10-14;8-6-3-1-5(2-4-6)7(9)10/h1-10,15H,11-12H2;1-4H,(H,9,10). The van der Waals surface area contributed by atoms with Gasteiger partial charge in [-0.05, 0) is 17.7 Å². The molecule has 0 spiro atoms. The smallest absolute Gasteiger partial charge is 0.101 e. The average Bonchev–Trinajstić information content (AvgIpc) is 2.64. The lowest BCUT2D eigenvalue weighted by Gasteiger charge is -2.01. The number of nitrogens with two attached hydrogens (primary N) is 1. The van der Waals surface area contributed by atoms with Crippen LogP contribution in [0.15, 0.2) is 89.4 Å². The lowest BCUT2D eigenvalue weighted by atomic mass is 10.2. The SMILES string of the molecule is O=C([O-])c1ccc(Br)cc1.c1ccc(C[NH2+]Cc2ccccc2)cc1. The van der Waals surface area contributed by atoms with E-state index in [4.69, 9.17) is 0 Å². The molecule has 0 bridgehead atoms. The second-order valence-electron chi connectivity index (χ2n) is 5.46. The second-order valence-corrected chi connectivity index (χ2v) is 6.38. The first kappa shape index (κ1) is 18.9. The summed E-state index contributed by atoms with van der Waals surface area (Å²) in [4.78, 5) is 10.2. The van der Waals surface area contributed by atoms with E-state index < -0.39 is 5.97 Å². The molecule has 4 heteroatoms. The quantitative estimate of drug-likeness (QED) is 0.719. The monoisotopic (exact) mass is 397 g/mol. The van der Waals surface area contributed by atoms with Gasteiger partial charge in [-0.25, -0.2) is 0 Å². The zero-order chi connectivity index (χ0) is 17.9. The number of carbonyl (C=O) groups excluding carboxylic acids is 1. The molecule has 0 radical (unpaired) electrons. The molecule has 0 fully saturated rings. The summed E-state index contributed by atoms with van der Waals surface area (Å²) in [5, 5.41) is 12.5. The van der Waals surface area contributed by atoms with Gasteiger partial charge in [0.25, 0.3) is 0 Å². The van der Waals surface area contributed by atoms with Crippen LogP contribution in [-0.4, -0.2) is 5.97 Å². The predicted octanol–water partition coefficient (Wildman–Crippen LogP) is 2.76. The Morgan fingerprint density at radius 1 is 0.760 bits per heavy atom. The highest BCUT2D eigenvalue weighted by atomic mass is 79.9. The van der Waals surface area contributed by atoms with E-state index in [1.807, 2.05) is 0 Å². The maximum atomic E-state index is 10.2. The van der Waals surface area contributed by atoms with Crippen molar-refractivity contribution in [1.29, 1.82) is 0 Å². The van der Waals surface area contributed by atoms with Crippen LogP contribution in [0, 0.1) is 0 Å². The van der Waals surface area contributed by atoms with Crippen molar-refractivity contribution in [1.82, 2.24) is 0 Å². The summed E-state index contributed by atoms with van der Waals surface area (Å²) < 4.78 is 0.859. The van der Waals surface area contributed by atoms with Crippen molar-refractivity contribution in [3.05, 3.63) is 106 Å². The number of hydrogen-bond donors (Lipinski definition) is 1. The summed E-state index contributed by atoms with van der Waals surface area (Å²) in [6, 6.07) is 27.4. The molecular weight excluding hydrogens is 378 g/mol. The summed E-state index contributed by atoms with van der Waals surface area (Å²) in [7, 11) is 0. The van der Waals surface area contributed by atoms with E-state index in [1.54, 1.807) is 12.1 Å². The zero-order valence-electron chi connectivity index (χ0n) is 13.8. The predicted molar refractivity (Wildman–Crippen MR) is 101 cm³/mol. The topological polar surface area (TPSA) is 56.7 Å². The molecule has 0 aliphatic heterocycles. The second kappa shape index (κ2) is 10.4. The number of halogens is 1. The Balaban J connectivity index is 0.000000196. The summed E-state index contributed by atoms with van der Waals surface area (Å²) in [6.07, 6.45) is 0. The van der Waals surface area contributed by atoms with Crippen LogP contribution < -0.4 is 10.4 Å². The van der Waals surface area contributed by atoms with Gasteiger partial charge in [-0.15, -0.1) is 0 Å². The fraction of sp³-hybridized carbons (Fsp3) is 0.0952. The van der Waals surface area contributed by atoms with E-state index in [-0.39, 0.29) is 5.56 Å². The van der Waals surface area contributed by atoms with Crippen molar-refractivity contribution >= 4 is 21.9 Å². The van der Waals surface area contributed by atoms with Gasteiger partial charge < -0.3 is 15.2 Å². The van der Waals surface area contributed by atoms with Crippen molar-refractivity contribution in [3.63, 3.8) is 0 Å². The van der Waals surface area contributed by atoms with Gasteiger partial charge in [-0.1, -0.05) is 88.7 Å². The molecule has 0 aliphatic carbocycles. The number of aromatic carboxylic acids is 1. The number of carbonyl (C=O) groups is 1. The Bertz CT molecular complexity index is 719. The van der Waals surface area contributed by atoms with Crippen LogP contribution in [0.2, 0.25) is 0 Å². The Hall–Kier alpha value is -2.43. The van der Waals surface area contributed by atoms with Gasteiger partial charge in [0, 0.05) is 15.6 Å². The minimum Gasteiger partial charge on any atom is -0.545 e. The summed E-state index contributed by atoms with van der Waals surface area (Å²) in [6.45, 7) is 2.10. The number of carboxylic acids is 1. The average molecular weight is 398 g/mol. The summed E-state index contributed by atoms with van der Waals surface area (Å²) in [5.41, 5.74) is 2.96. The molecule has 0 amide bonds. The molecule has 2 N–H and O–H groups in total. The lowest BCUT2D eigenvalue weighted by molar-refractivity contribution is -0.686. The highest BCUT2D eigenvalue weighted by Gasteiger charge is 1.95. The number of benzene rings is 3. The van der Waals surface area contributed by atoms with Gasteiger partial charge in [0.15, 0.2) is 0 Å². The van der Waals surface area contributed by atoms with Gasteiger partial charge in [0.1, 0.15) is 13.1 Å². The van der Waals surface area contributed by atoms with E-state index in [9.17, 15) is 9.90 Å². The molecule has 0 atom stereocenters. The molecule has 25 heavy (non-hydrogen) atoms. The third-order valence-corrected chi connectivity index (χ3v) is 4.05. The highest BCUT2D eigenvalue weighted by molar-refractivity contribution is 9.10.